The van der Waals surface area contributed by atoms with Gasteiger partial charge in [-0.15, -0.1) is 6.42 Å². The summed E-state index contributed by atoms with van der Waals surface area (Å²) in [5, 5.41) is 13.5. The number of hydrogen-bond acceptors (Lipinski definition) is 7. The molecule has 2 amide bonds. The Morgan fingerprint density at radius 1 is 1.29 bits per heavy atom. The molecular weight excluding hydrogens is 434 g/mol. The first-order valence-corrected chi connectivity index (χ1v) is 10.7. The SMILES string of the molecule is C#CC(=O)N1CCC[C@H]1c1nc(-c2ccc(C(O)Nc3cc(C)ccn3)cc2)c(C(N)=O)n1N. The van der Waals surface area contributed by atoms with Crippen molar-refractivity contribution >= 4 is 17.6 Å². The molecule has 34 heavy (non-hydrogen) atoms. The molecule has 0 saturated carbocycles. The molecule has 10 heteroatoms. The van der Waals surface area contributed by atoms with Crippen molar-refractivity contribution in [2.75, 3.05) is 17.7 Å². The summed E-state index contributed by atoms with van der Waals surface area (Å²) in [6.45, 7) is 2.42. The van der Waals surface area contributed by atoms with Gasteiger partial charge in [-0.2, -0.15) is 0 Å². The quantitative estimate of drug-likeness (QED) is 0.247. The topological polar surface area (TPSA) is 152 Å². The zero-order valence-electron chi connectivity index (χ0n) is 18.6. The predicted octanol–water partition coefficient (Wildman–Crippen LogP) is 1.47. The third-order valence-corrected chi connectivity index (χ3v) is 5.81. The highest BCUT2D eigenvalue weighted by Crippen LogP contribution is 2.34. The van der Waals surface area contributed by atoms with Gasteiger partial charge in [0.1, 0.15) is 11.5 Å². The Morgan fingerprint density at radius 3 is 2.68 bits per heavy atom. The minimum absolute atomic E-state index is 0.0189. The summed E-state index contributed by atoms with van der Waals surface area (Å²) in [7, 11) is 0. The van der Waals surface area contributed by atoms with Crippen molar-refractivity contribution in [3.05, 3.63) is 65.2 Å². The average Bonchev–Trinajstić information content (AvgIpc) is 3.43. The summed E-state index contributed by atoms with van der Waals surface area (Å²) < 4.78 is 1.14. The Balaban J connectivity index is 1.64. The smallest absolute Gasteiger partial charge is 0.298 e. The van der Waals surface area contributed by atoms with E-state index in [4.69, 9.17) is 18.0 Å². The van der Waals surface area contributed by atoms with Crippen LogP contribution < -0.4 is 16.9 Å². The Kier molecular flexibility index (Phi) is 6.21. The summed E-state index contributed by atoms with van der Waals surface area (Å²) in [5.41, 5.74) is 8.10. The molecule has 1 aromatic carbocycles. The number of terminal acetylenes is 1. The molecule has 1 aliphatic heterocycles. The Morgan fingerprint density at radius 2 is 2.03 bits per heavy atom. The van der Waals surface area contributed by atoms with Crippen LogP contribution in [0.2, 0.25) is 0 Å². The molecule has 174 valence electrons. The van der Waals surface area contributed by atoms with Crippen molar-refractivity contribution in [3.8, 4) is 23.6 Å². The molecule has 0 aliphatic carbocycles. The number of hydrogen-bond donors (Lipinski definition) is 4. The highest BCUT2D eigenvalue weighted by atomic mass is 16.3. The molecule has 2 aromatic heterocycles. The van der Waals surface area contributed by atoms with Crippen LogP contribution in [-0.2, 0) is 4.79 Å². The number of primary amides is 1. The number of imidazole rings is 1. The molecule has 2 atom stereocenters. The van der Waals surface area contributed by atoms with Crippen LogP contribution in [0, 0.1) is 19.3 Å². The molecule has 4 rings (SSSR count). The molecule has 3 heterocycles. The Bertz CT molecular complexity index is 1280. The van der Waals surface area contributed by atoms with Gasteiger partial charge in [0.25, 0.3) is 11.8 Å². The van der Waals surface area contributed by atoms with E-state index in [-0.39, 0.29) is 5.69 Å². The van der Waals surface area contributed by atoms with Crippen LogP contribution in [0.1, 0.15) is 52.6 Å². The number of pyridine rings is 1. The van der Waals surface area contributed by atoms with Crippen molar-refractivity contribution in [3.63, 3.8) is 0 Å². The van der Waals surface area contributed by atoms with Gasteiger partial charge in [-0.3, -0.25) is 9.59 Å². The van der Waals surface area contributed by atoms with Crippen molar-refractivity contribution < 1.29 is 14.7 Å². The number of carbonyl (C=O) groups is 2. The van der Waals surface area contributed by atoms with E-state index in [9.17, 15) is 14.7 Å². The van der Waals surface area contributed by atoms with Gasteiger partial charge in [-0.1, -0.05) is 24.3 Å². The molecule has 0 radical (unpaired) electrons. The average molecular weight is 460 g/mol. The van der Waals surface area contributed by atoms with Gasteiger partial charge in [0.15, 0.2) is 17.7 Å². The van der Waals surface area contributed by atoms with Gasteiger partial charge in [0.05, 0.1) is 6.04 Å². The second kappa shape index (κ2) is 9.25. The van der Waals surface area contributed by atoms with E-state index in [1.54, 1.807) is 30.5 Å². The van der Waals surface area contributed by atoms with Crippen molar-refractivity contribution in [2.24, 2.45) is 5.73 Å². The minimum Gasteiger partial charge on any atom is -0.369 e. The van der Waals surface area contributed by atoms with E-state index < -0.39 is 24.1 Å². The highest BCUT2D eigenvalue weighted by Gasteiger charge is 2.35. The van der Waals surface area contributed by atoms with Crippen LogP contribution in [0.3, 0.4) is 0 Å². The number of nitrogens with one attached hydrogen (secondary N) is 1. The normalized spacial score (nSPS) is 16.1. The number of amides is 2. The lowest BCUT2D eigenvalue weighted by atomic mass is 10.1. The number of aromatic nitrogens is 3. The second-order valence-corrected chi connectivity index (χ2v) is 8.09. The summed E-state index contributed by atoms with van der Waals surface area (Å²) >= 11 is 0. The maximum Gasteiger partial charge on any atom is 0.298 e. The monoisotopic (exact) mass is 459 g/mol. The van der Waals surface area contributed by atoms with Gasteiger partial charge in [-0.05, 0) is 43.4 Å². The largest absolute Gasteiger partial charge is 0.369 e. The van der Waals surface area contributed by atoms with Crippen LogP contribution in [0.4, 0.5) is 5.82 Å². The van der Waals surface area contributed by atoms with Gasteiger partial charge >= 0.3 is 0 Å². The summed E-state index contributed by atoms with van der Waals surface area (Å²) in [6, 6.07) is 10.1. The molecule has 10 nitrogen and oxygen atoms in total. The lowest BCUT2D eigenvalue weighted by molar-refractivity contribution is -0.126. The fourth-order valence-corrected chi connectivity index (χ4v) is 4.14. The molecule has 0 spiro atoms. The number of aliphatic hydroxyl groups excluding tert-OH is 1. The zero-order valence-corrected chi connectivity index (χ0v) is 18.6. The minimum atomic E-state index is -0.997. The lowest BCUT2D eigenvalue weighted by Gasteiger charge is -2.21. The van der Waals surface area contributed by atoms with Crippen LogP contribution in [0.5, 0.6) is 0 Å². The fraction of sp³-hybridized carbons (Fsp3) is 0.250. The van der Waals surface area contributed by atoms with Gasteiger partial charge in [0.2, 0.25) is 0 Å². The van der Waals surface area contributed by atoms with Gasteiger partial charge in [0, 0.05) is 23.9 Å². The number of benzene rings is 1. The number of anilines is 1. The van der Waals surface area contributed by atoms with E-state index in [0.29, 0.717) is 41.4 Å². The maximum atomic E-state index is 12.2. The predicted molar refractivity (Wildman–Crippen MR) is 126 cm³/mol. The van der Waals surface area contributed by atoms with Crippen LogP contribution in [0.25, 0.3) is 11.3 Å². The van der Waals surface area contributed by atoms with Crippen LogP contribution >= 0.6 is 0 Å². The second-order valence-electron chi connectivity index (χ2n) is 8.09. The van der Waals surface area contributed by atoms with Crippen molar-refractivity contribution in [2.45, 2.75) is 32.0 Å². The first kappa shape index (κ1) is 22.8. The van der Waals surface area contributed by atoms with E-state index in [1.807, 2.05) is 19.1 Å². The van der Waals surface area contributed by atoms with Gasteiger partial charge in [-0.25, -0.2) is 14.6 Å². The molecule has 1 fully saturated rings. The molecule has 0 bridgehead atoms. The zero-order chi connectivity index (χ0) is 24.4. The fourth-order valence-electron chi connectivity index (χ4n) is 4.14. The molecule has 1 unspecified atom stereocenters. The number of rotatable bonds is 6. The molecular formula is C24H25N7O3. The van der Waals surface area contributed by atoms with E-state index in [2.05, 4.69) is 21.2 Å². The first-order valence-electron chi connectivity index (χ1n) is 10.7. The first-order chi connectivity index (χ1) is 16.3. The summed E-state index contributed by atoms with van der Waals surface area (Å²) in [6.07, 6.45) is 7.31. The summed E-state index contributed by atoms with van der Waals surface area (Å²) in [5.74, 6) is 8.00. The summed E-state index contributed by atoms with van der Waals surface area (Å²) in [4.78, 5) is 34.7. The number of aryl methyl sites for hydroxylation is 1. The van der Waals surface area contributed by atoms with E-state index in [0.717, 1.165) is 16.7 Å². The van der Waals surface area contributed by atoms with E-state index in [1.165, 1.54) is 4.90 Å². The molecule has 1 aliphatic rings. The molecule has 1 saturated heterocycles. The van der Waals surface area contributed by atoms with E-state index >= 15 is 0 Å². The number of nitrogens with two attached hydrogens (primary N) is 2. The lowest BCUT2D eigenvalue weighted by Crippen LogP contribution is -2.33. The van der Waals surface area contributed by atoms with Crippen LogP contribution in [0.15, 0.2) is 42.6 Å². The van der Waals surface area contributed by atoms with Crippen molar-refractivity contribution in [1.29, 1.82) is 0 Å². The molecule has 6 N–H and O–H groups in total. The number of aliphatic hydroxyl groups is 1. The number of carbonyl (C=O) groups excluding carboxylic acids is 2. The van der Waals surface area contributed by atoms with Gasteiger partial charge < -0.3 is 26.9 Å². The number of nitrogen functional groups attached to an aromatic ring is 1. The van der Waals surface area contributed by atoms with Crippen molar-refractivity contribution in [1.82, 2.24) is 19.5 Å². The van der Waals surface area contributed by atoms with Crippen LogP contribution in [-0.4, -0.2) is 43.0 Å². The standard InChI is InChI=1S/C24H25N7O3/c1-3-19(32)30-12-4-5-17(30)23-29-20(21(22(25)33)31(23)26)15-6-8-16(9-7-15)24(34)28-18-13-14(2)10-11-27-18/h1,6-11,13,17,24,34H,4-5,12,26H2,2H3,(H2,25,33)(H,27,28)/t17-,24?/m0/s1. The Labute approximate surface area is 196 Å². The third-order valence-electron chi connectivity index (χ3n) is 5.81. The highest BCUT2D eigenvalue weighted by molar-refractivity contribution is 5.98. The maximum absolute atomic E-state index is 12.2. The molecule has 3 aromatic rings. The third kappa shape index (κ3) is 4.29. The number of likely N-dealkylation sites (tertiary alicyclic amines) is 1. The Hall–Kier alpha value is -4.36. The number of nitrogens with zero attached hydrogens (tertiary/aromatic N) is 4.